The Hall–Kier alpha value is -1.61. The zero-order valence-corrected chi connectivity index (χ0v) is 12.0. The molecular formula is C16H18O2S. The number of aryl methyl sites for hydroxylation is 2. The van der Waals surface area contributed by atoms with Crippen molar-refractivity contribution in [3.63, 3.8) is 0 Å². The Morgan fingerprint density at radius 3 is 1.58 bits per heavy atom. The Bertz CT molecular complexity index is 527. The number of phenolic OH excluding ortho intramolecular Hbond substituents is 2. The molecule has 0 bridgehead atoms. The molecule has 0 saturated carbocycles. The molecule has 2 aromatic carbocycles. The van der Waals surface area contributed by atoms with Gasteiger partial charge in [0.25, 0.3) is 0 Å². The molecule has 0 spiro atoms. The van der Waals surface area contributed by atoms with Crippen LogP contribution in [0.1, 0.15) is 22.3 Å². The third-order valence-electron chi connectivity index (χ3n) is 3.06. The number of aromatic hydroxyl groups is 2. The van der Waals surface area contributed by atoms with Crippen LogP contribution >= 0.6 is 11.8 Å². The lowest BCUT2D eigenvalue weighted by Gasteiger charge is -2.06. The Kier molecular flexibility index (Phi) is 4.38. The maximum absolute atomic E-state index is 9.47. The highest BCUT2D eigenvalue weighted by molar-refractivity contribution is 7.97. The van der Waals surface area contributed by atoms with Crippen LogP contribution < -0.4 is 0 Å². The molecule has 2 nitrogen and oxygen atoms in total. The van der Waals surface area contributed by atoms with Gasteiger partial charge in [-0.15, -0.1) is 0 Å². The molecule has 0 aliphatic carbocycles. The van der Waals surface area contributed by atoms with E-state index in [1.807, 2.05) is 49.9 Å². The van der Waals surface area contributed by atoms with Crippen LogP contribution in [0.3, 0.4) is 0 Å². The summed E-state index contributed by atoms with van der Waals surface area (Å²) in [5.41, 5.74) is 4.27. The van der Waals surface area contributed by atoms with Crippen LogP contribution in [0.5, 0.6) is 11.5 Å². The van der Waals surface area contributed by atoms with Crippen LogP contribution in [-0.2, 0) is 11.5 Å². The van der Waals surface area contributed by atoms with Gasteiger partial charge in [0.15, 0.2) is 0 Å². The lowest BCUT2D eigenvalue weighted by atomic mass is 10.1. The highest BCUT2D eigenvalue weighted by Crippen LogP contribution is 2.24. The van der Waals surface area contributed by atoms with E-state index < -0.39 is 0 Å². The standard InChI is InChI=1S/C16H18O2S/c1-11-7-13(3-5-15(11)17)9-19-10-14-4-6-16(18)12(2)8-14/h3-8,17-18H,9-10H2,1-2H3. The Morgan fingerprint density at radius 2 is 1.21 bits per heavy atom. The molecular weight excluding hydrogens is 256 g/mol. The topological polar surface area (TPSA) is 40.5 Å². The predicted octanol–water partition coefficient (Wildman–Crippen LogP) is 4.15. The molecule has 0 aliphatic rings. The molecule has 3 heteroatoms. The maximum atomic E-state index is 9.47. The Balaban J connectivity index is 1.92. The Morgan fingerprint density at radius 1 is 0.789 bits per heavy atom. The van der Waals surface area contributed by atoms with Crippen molar-refractivity contribution in [1.29, 1.82) is 0 Å². The smallest absolute Gasteiger partial charge is 0.118 e. The molecule has 0 fully saturated rings. The molecule has 0 atom stereocenters. The first-order valence-electron chi connectivity index (χ1n) is 6.21. The van der Waals surface area contributed by atoms with Crippen molar-refractivity contribution in [3.05, 3.63) is 58.7 Å². The monoisotopic (exact) mass is 274 g/mol. The predicted molar refractivity (Wildman–Crippen MR) is 80.7 cm³/mol. The second-order valence-corrected chi connectivity index (χ2v) is 5.72. The maximum Gasteiger partial charge on any atom is 0.118 e. The van der Waals surface area contributed by atoms with Crippen LogP contribution in [0.25, 0.3) is 0 Å². The number of phenols is 2. The molecule has 2 rings (SSSR count). The first-order chi connectivity index (χ1) is 9.06. The molecule has 0 amide bonds. The van der Waals surface area contributed by atoms with Gasteiger partial charge in [0.1, 0.15) is 11.5 Å². The van der Waals surface area contributed by atoms with Crippen molar-refractivity contribution in [2.75, 3.05) is 0 Å². The van der Waals surface area contributed by atoms with Crippen LogP contribution in [-0.4, -0.2) is 10.2 Å². The number of hydrogen-bond acceptors (Lipinski definition) is 3. The first kappa shape index (κ1) is 13.8. The van der Waals surface area contributed by atoms with Gasteiger partial charge >= 0.3 is 0 Å². The van der Waals surface area contributed by atoms with Crippen molar-refractivity contribution in [3.8, 4) is 11.5 Å². The Labute approximate surface area is 118 Å². The molecule has 0 heterocycles. The fourth-order valence-corrected chi connectivity index (χ4v) is 2.83. The lowest BCUT2D eigenvalue weighted by molar-refractivity contribution is 0.470. The summed E-state index contributed by atoms with van der Waals surface area (Å²) in [6.45, 7) is 3.82. The van der Waals surface area contributed by atoms with E-state index in [1.165, 1.54) is 11.1 Å². The highest BCUT2D eigenvalue weighted by Gasteiger charge is 2.01. The van der Waals surface area contributed by atoms with Crippen LogP contribution in [0.2, 0.25) is 0 Å². The summed E-state index contributed by atoms with van der Waals surface area (Å²) in [6, 6.07) is 11.4. The van der Waals surface area contributed by atoms with E-state index in [9.17, 15) is 10.2 Å². The van der Waals surface area contributed by atoms with Crippen molar-refractivity contribution in [2.45, 2.75) is 25.4 Å². The van der Waals surface area contributed by atoms with Gasteiger partial charge < -0.3 is 10.2 Å². The molecule has 2 aromatic rings. The van der Waals surface area contributed by atoms with Gasteiger partial charge in [0, 0.05) is 11.5 Å². The molecule has 19 heavy (non-hydrogen) atoms. The number of hydrogen-bond donors (Lipinski definition) is 2. The first-order valence-corrected chi connectivity index (χ1v) is 7.36. The van der Waals surface area contributed by atoms with Gasteiger partial charge in [0.05, 0.1) is 0 Å². The summed E-state index contributed by atoms with van der Waals surface area (Å²) in [7, 11) is 0. The van der Waals surface area contributed by atoms with E-state index in [1.54, 1.807) is 12.1 Å². The van der Waals surface area contributed by atoms with Gasteiger partial charge in [-0.3, -0.25) is 0 Å². The summed E-state index contributed by atoms with van der Waals surface area (Å²) in [4.78, 5) is 0. The summed E-state index contributed by atoms with van der Waals surface area (Å²) >= 11 is 1.83. The summed E-state index contributed by atoms with van der Waals surface area (Å²) in [6.07, 6.45) is 0. The van der Waals surface area contributed by atoms with Crippen LogP contribution in [0, 0.1) is 13.8 Å². The minimum Gasteiger partial charge on any atom is -0.508 e. The highest BCUT2D eigenvalue weighted by atomic mass is 32.2. The lowest BCUT2D eigenvalue weighted by Crippen LogP contribution is -1.86. The van der Waals surface area contributed by atoms with E-state index in [0.717, 1.165) is 22.6 Å². The van der Waals surface area contributed by atoms with Crippen molar-refractivity contribution < 1.29 is 10.2 Å². The van der Waals surface area contributed by atoms with E-state index in [-0.39, 0.29) is 0 Å². The van der Waals surface area contributed by atoms with Crippen molar-refractivity contribution >= 4 is 11.8 Å². The van der Waals surface area contributed by atoms with Gasteiger partial charge in [-0.2, -0.15) is 11.8 Å². The van der Waals surface area contributed by atoms with E-state index in [4.69, 9.17) is 0 Å². The third-order valence-corrected chi connectivity index (χ3v) is 4.13. The SMILES string of the molecule is Cc1cc(CSCc2ccc(O)c(C)c2)ccc1O. The average molecular weight is 274 g/mol. The minimum atomic E-state index is 0.350. The molecule has 100 valence electrons. The molecule has 2 N–H and O–H groups in total. The third kappa shape index (κ3) is 3.67. The fourth-order valence-electron chi connectivity index (χ4n) is 1.90. The number of benzene rings is 2. The quantitative estimate of drug-likeness (QED) is 0.880. The molecule has 0 aliphatic heterocycles. The molecule has 0 saturated heterocycles. The fraction of sp³-hybridized carbons (Fsp3) is 0.250. The number of rotatable bonds is 4. The van der Waals surface area contributed by atoms with E-state index in [2.05, 4.69) is 0 Å². The molecule has 0 unspecified atom stereocenters. The van der Waals surface area contributed by atoms with Crippen LogP contribution in [0.15, 0.2) is 36.4 Å². The number of thioether (sulfide) groups is 1. The normalized spacial score (nSPS) is 10.6. The van der Waals surface area contributed by atoms with Gasteiger partial charge in [0.2, 0.25) is 0 Å². The molecule has 0 aromatic heterocycles. The van der Waals surface area contributed by atoms with Gasteiger partial charge in [-0.1, -0.05) is 24.3 Å². The summed E-state index contributed by atoms with van der Waals surface area (Å²) in [5.74, 6) is 2.54. The minimum absolute atomic E-state index is 0.350. The van der Waals surface area contributed by atoms with Crippen molar-refractivity contribution in [1.82, 2.24) is 0 Å². The van der Waals surface area contributed by atoms with Gasteiger partial charge in [-0.25, -0.2) is 0 Å². The summed E-state index contributed by atoms with van der Waals surface area (Å²) in [5, 5.41) is 18.9. The van der Waals surface area contributed by atoms with Crippen molar-refractivity contribution in [2.24, 2.45) is 0 Å². The largest absolute Gasteiger partial charge is 0.508 e. The summed E-state index contributed by atoms with van der Waals surface area (Å²) < 4.78 is 0. The zero-order chi connectivity index (χ0) is 13.8. The second-order valence-electron chi connectivity index (χ2n) is 4.73. The average Bonchev–Trinajstić information content (AvgIpc) is 2.38. The van der Waals surface area contributed by atoms with E-state index >= 15 is 0 Å². The van der Waals surface area contributed by atoms with Gasteiger partial charge in [-0.05, 0) is 48.2 Å². The van der Waals surface area contributed by atoms with E-state index in [0.29, 0.717) is 11.5 Å². The van der Waals surface area contributed by atoms with Crippen LogP contribution in [0.4, 0.5) is 0 Å². The second kappa shape index (κ2) is 6.02. The molecule has 0 radical (unpaired) electrons. The zero-order valence-electron chi connectivity index (χ0n) is 11.2.